The molecule has 0 saturated heterocycles. The van der Waals surface area contributed by atoms with Gasteiger partial charge in [0, 0.05) is 16.1 Å². The first-order valence-corrected chi connectivity index (χ1v) is 6.87. The summed E-state index contributed by atoms with van der Waals surface area (Å²) in [5, 5.41) is 10.9. The molecule has 0 aliphatic rings. The molecular formula is C12H9BrClN3O4. The molecule has 0 saturated carbocycles. The number of hydrogen-bond donors (Lipinski definition) is 1. The van der Waals surface area contributed by atoms with E-state index in [-0.39, 0.29) is 22.1 Å². The Morgan fingerprint density at radius 1 is 1.33 bits per heavy atom. The first-order chi connectivity index (χ1) is 9.73. The van der Waals surface area contributed by atoms with Crippen molar-refractivity contribution in [2.24, 2.45) is 0 Å². The molecule has 2 rings (SSSR count). The van der Waals surface area contributed by atoms with E-state index in [1.54, 1.807) is 6.92 Å². The predicted octanol–water partition coefficient (Wildman–Crippen LogP) is 2.47. The van der Waals surface area contributed by atoms with Gasteiger partial charge in [-0.2, -0.15) is 0 Å². The van der Waals surface area contributed by atoms with Crippen molar-refractivity contribution in [3.05, 3.63) is 63.8 Å². The van der Waals surface area contributed by atoms with Gasteiger partial charge in [-0.15, -0.1) is 0 Å². The second kappa shape index (κ2) is 5.45. The minimum Gasteiger partial charge on any atom is -0.297 e. The molecule has 0 amide bonds. The largest absolute Gasteiger partial charge is 0.334 e. The molecule has 0 spiro atoms. The smallest absolute Gasteiger partial charge is 0.297 e. The minimum absolute atomic E-state index is 0.0565. The summed E-state index contributed by atoms with van der Waals surface area (Å²) in [7, 11) is 0. The Hall–Kier alpha value is -1.93. The van der Waals surface area contributed by atoms with Crippen LogP contribution in [0.3, 0.4) is 0 Å². The highest BCUT2D eigenvalue weighted by atomic mass is 79.9. The normalized spacial score (nSPS) is 10.7. The van der Waals surface area contributed by atoms with Crippen LogP contribution >= 0.6 is 27.5 Å². The number of benzene rings is 1. The zero-order valence-corrected chi connectivity index (χ0v) is 13.3. The Labute approximate surface area is 131 Å². The summed E-state index contributed by atoms with van der Waals surface area (Å²) in [5.74, 6) is 0. The van der Waals surface area contributed by atoms with E-state index in [1.807, 2.05) is 0 Å². The van der Waals surface area contributed by atoms with Crippen molar-refractivity contribution in [1.29, 1.82) is 0 Å². The lowest BCUT2D eigenvalue weighted by molar-refractivity contribution is -0.385. The van der Waals surface area contributed by atoms with Crippen molar-refractivity contribution >= 4 is 33.2 Å². The molecule has 9 heteroatoms. The first kappa shape index (κ1) is 15.5. The van der Waals surface area contributed by atoms with Crippen LogP contribution in [0.15, 0.2) is 26.2 Å². The van der Waals surface area contributed by atoms with Gasteiger partial charge < -0.3 is 0 Å². The van der Waals surface area contributed by atoms with Gasteiger partial charge in [0.2, 0.25) is 0 Å². The van der Waals surface area contributed by atoms with E-state index in [0.717, 1.165) is 4.57 Å². The van der Waals surface area contributed by atoms with Crippen LogP contribution in [0, 0.1) is 24.0 Å². The number of aromatic nitrogens is 2. The Morgan fingerprint density at radius 2 is 1.95 bits per heavy atom. The Kier molecular flexibility index (Phi) is 4.02. The molecule has 1 heterocycles. The number of nitrogens with zero attached hydrogens (tertiary/aromatic N) is 2. The molecule has 2 aromatic rings. The van der Waals surface area contributed by atoms with Crippen LogP contribution in [0.5, 0.6) is 0 Å². The highest BCUT2D eigenvalue weighted by Gasteiger charge is 2.19. The molecule has 110 valence electrons. The average molecular weight is 375 g/mol. The molecule has 1 N–H and O–H groups in total. The third kappa shape index (κ3) is 2.64. The number of aromatic amines is 1. The van der Waals surface area contributed by atoms with E-state index in [2.05, 4.69) is 20.9 Å². The van der Waals surface area contributed by atoms with Gasteiger partial charge in [-0.25, -0.2) is 9.36 Å². The molecule has 0 bridgehead atoms. The standard InChI is InChI=1S/C12H9BrClN3O4/c1-5-3-7(13)9(4-8(5)17(20)21)16-11(18)6(2)10(14)15-12(16)19/h3-4H,1-2H3,(H,15,19). The lowest BCUT2D eigenvalue weighted by Gasteiger charge is -2.10. The monoisotopic (exact) mass is 373 g/mol. The molecule has 0 aliphatic carbocycles. The van der Waals surface area contributed by atoms with E-state index in [0.29, 0.717) is 10.0 Å². The molecule has 21 heavy (non-hydrogen) atoms. The molecule has 0 radical (unpaired) electrons. The highest BCUT2D eigenvalue weighted by Crippen LogP contribution is 2.28. The number of rotatable bonds is 2. The zero-order valence-electron chi connectivity index (χ0n) is 10.9. The van der Waals surface area contributed by atoms with Gasteiger partial charge in [-0.3, -0.25) is 19.9 Å². The summed E-state index contributed by atoms with van der Waals surface area (Å²) in [6, 6.07) is 2.65. The van der Waals surface area contributed by atoms with Crippen molar-refractivity contribution in [1.82, 2.24) is 9.55 Å². The van der Waals surface area contributed by atoms with E-state index in [1.165, 1.54) is 19.1 Å². The number of nitro benzene ring substituents is 1. The summed E-state index contributed by atoms with van der Waals surface area (Å²) in [4.78, 5) is 36.9. The predicted molar refractivity (Wildman–Crippen MR) is 81.5 cm³/mol. The molecule has 0 atom stereocenters. The highest BCUT2D eigenvalue weighted by molar-refractivity contribution is 9.10. The SMILES string of the molecule is Cc1cc(Br)c(-n2c(=O)[nH]c(Cl)c(C)c2=O)cc1[N+](=O)[O-]. The fourth-order valence-corrected chi connectivity index (χ4v) is 2.63. The van der Waals surface area contributed by atoms with Crippen LogP contribution in [0.4, 0.5) is 5.69 Å². The number of H-pyrrole nitrogens is 1. The number of hydrogen-bond acceptors (Lipinski definition) is 4. The summed E-state index contributed by atoms with van der Waals surface area (Å²) in [6.07, 6.45) is 0. The molecule has 7 nitrogen and oxygen atoms in total. The zero-order chi connectivity index (χ0) is 15.9. The first-order valence-electron chi connectivity index (χ1n) is 5.70. The fourth-order valence-electron chi connectivity index (χ4n) is 1.83. The van der Waals surface area contributed by atoms with E-state index in [9.17, 15) is 19.7 Å². The van der Waals surface area contributed by atoms with Gasteiger partial charge in [0.15, 0.2) is 0 Å². The van der Waals surface area contributed by atoms with E-state index >= 15 is 0 Å². The van der Waals surface area contributed by atoms with E-state index in [4.69, 9.17) is 11.6 Å². The molecule has 0 fully saturated rings. The topological polar surface area (TPSA) is 98.0 Å². The number of halogens is 2. The number of nitro groups is 1. The summed E-state index contributed by atoms with van der Waals surface area (Å²) in [5.41, 5.74) is -0.959. The van der Waals surface area contributed by atoms with Gasteiger partial charge in [-0.1, -0.05) is 11.6 Å². The van der Waals surface area contributed by atoms with E-state index < -0.39 is 16.2 Å². The lowest BCUT2D eigenvalue weighted by atomic mass is 10.2. The molecular weight excluding hydrogens is 366 g/mol. The Morgan fingerprint density at radius 3 is 2.52 bits per heavy atom. The van der Waals surface area contributed by atoms with Crippen molar-refractivity contribution in [3.63, 3.8) is 0 Å². The minimum atomic E-state index is -0.769. The molecule has 0 unspecified atom stereocenters. The number of aryl methyl sites for hydroxylation is 1. The summed E-state index contributed by atoms with van der Waals surface area (Å²) < 4.78 is 1.19. The van der Waals surface area contributed by atoms with Gasteiger partial charge in [0.25, 0.3) is 11.2 Å². The molecule has 0 aliphatic heterocycles. The Bertz CT molecular complexity index is 872. The van der Waals surface area contributed by atoms with Crippen LogP contribution < -0.4 is 11.2 Å². The fraction of sp³-hybridized carbons (Fsp3) is 0.167. The quantitative estimate of drug-likeness (QED) is 0.496. The molecule has 1 aromatic heterocycles. The average Bonchev–Trinajstić information content (AvgIpc) is 2.38. The number of nitrogens with one attached hydrogen (secondary N) is 1. The molecule has 1 aromatic carbocycles. The second-order valence-corrected chi connectivity index (χ2v) is 5.59. The van der Waals surface area contributed by atoms with Gasteiger partial charge >= 0.3 is 5.69 Å². The Balaban J connectivity index is 2.89. The van der Waals surface area contributed by atoms with Crippen molar-refractivity contribution in [3.8, 4) is 5.69 Å². The van der Waals surface area contributed by atoms with Crippen molar-refractivity contribution in [2.45, 2.75) is 13.8 Å². The van der Waals surface area contributed by atoms with Crippen LogP contribution in [0.1, 0.15) is 11.1 Å². The van der Waals surface area contributed by atoms with Crippen LogP contribution in [-0.2, 0) is 0 Å². The summed E-state index contributed by atoms with van der Waals surface area (Å²) in [6.45, 7) is 3.01. The maximum atomic E-state index is 12.2. The van der Waals surface area contributed by atoms with Crippen molar-refractivity contribution in [2.75, 3.05) is 0 Å². The summed E-state index contributed by atoms with van der Waals surface area (Å²) >= 11 is 8.95. The van der Waals surface area contributed by atoms with Crippen LogP contribution in [-0.4, -0.2) is 14.5 Å². The van der Waals surface area contributed by atoms with Gasteiger partial charge in [-0.05, 0) is 35.8 Å². The van der Waals surface area contributed by atoms with Gasteiger partial charge in [0.05, 0.1) is 16.2 Å². The van der Waals surface area contributed by atoms with Crippen LogP contribution in [0.25, 0.3) is 5.69 Å². The lowest BCUT2D eigenvalue weighted by Crippen LogP contribution is -2.35. The third-order valence-corrected chi connectivity index (χ3v) is 3.99. The maximum absolute atomic E-state index is 12.2. The van der Waals surface area contributed by atoms with Crippen molar-refractivity contribution < 1.29 is 4.92 Å². The second-order valence-electron chi connectivity index (χ2n) is 4.36. The van der Waals surface area contributed by atoms with Crippen LogP contribution in [0.2, 0.25) is 5.15 Å². The third-order valence-electron chi connectivity index (χ3n) is 2.98. The van der Waals surface area contributed by atoms with Gasteiger partial charge in [0.1, 0.15) is 5.15 Å². The maximum Gasteiger partial charge on any atom is 0.334 e.